The third-order valence-corrected chi connectivity index (χ3v) is 2.39. The topological polar surface area (TPSA) is 69.9 Å². The number of aliphatic hydroxyl groups excluding tert-OH is 2. The van der Waals surface area contributed by atoms with E-state index in [1.807, 2.05) is 0 Å². The van der Waals surface area contributed by atoms with Crippen LogP contribution in [0.2, 0.25) is 0 Å². The molecule has 0 aliphatic rings. The molecule has 0 bridgehead atoms. The van der Waals surface area contributed by atoms with Gasteiger partial charge in [-0.15, -0.1) is 24.8 Å². The molecule has 0 aliphatic heterocycles. The number of aromatic hydroxyl groups is 1. The zero-order valence-electron chi connectivity index (χ0n) is 8.86. The fourth-order valence-corrected chi connectivity index (χ4v) is 1.43. The first kappa shape index (κ1) is 14.9. The molecule has 0 amide bonds. The summed E-state index contributed by atoms with van der Waals surface area (Å²) in [6.07, 6.45) is -7.71. The van der Waals surface area contributed by atoms with Gasteiger partial charge in [0.2, 0.25) is 0 Å². The van der Waals surface area contributed by atoms with Crippen LogP contribution in [0.25, 0.3) is 0 Å². The number of rotatable bonds is 4. The number of phenolic OH excluding ortho intramolecular Hbond substituents is 1. The van der Waals surface area contributed by atoms with Crippen molar-refractivity contribution in [3.05, 3.63) is 23.8 Å². The van der Waals surface area contributed by atoms with Crippen molar-refractivity contribution in [2.75, 3.05) is 5.88 Å². The third-order valence-electron chi connectivity index (χ3n) is 2.08. The predicted octanol–water partition coefficient (Wildman–Crippen LogP) is 1.92. The molecule has 0 saturated carbocycles. The van der Waals surface area contributed by atoms with Gasteiger partial charge in [0, 0.05) is 11.6 Å². The Morgan fingerprint density at radius 2 is 1.89 bits per heavy atom. The van der Waals surface area contributed by atoms with Crippen LogP contribution in [0.3, 0.4) is 0 Å². The molecular formula is C10H10ClF3O4. The summed E-state index contributed by atoms with van der Waals surface area (Å²) < 4.78 is 39.3. The van der Waals surface area contributed by atoms with Crippen molar-refractivity contribution in [3.8, 4) is 11.5 Å². The van der Waals surface area contributed by atoms with Crippen LogP contribution in [0, 0.1) is 0 Å². The normalized spacial score (nSPS) is 15.2. The lowest BCUT2D eigenvalue weighted by Crippen LogP contribution is -2.20. The van der Waals surface area contributed by atoms with Crippen molar-refractivity contribution < 1.29 is 33.2 Å². The number of aliphatic hydroxyl groups is 2. The van der Waals surface area contributed by atoms with Crippen molar-refractivity contribution in [3.63, 3.8) is 0 Å². The first-order valence-corrected chi connectivity index (χ1v) is 5.29. The van der Waals surface area contributed by atoms with Crippen LogP contribution >= 0.6 is 11.6 Å². The van der Waals surface area contributed by atoms with Crippen LogP contribution < -0.4 is 4.74 Å². The molecule has 1 aromatic carbocycles. The van der Waals surface area contributed by atoms with E-state index in [4.69, 9.17) is 11.6 Å². The molecule has 0 heterocycles. The van der Waals surface area contributed by atoms with Gasteiger partial charge in [-0.25, -0.2) is 0 Å². The molecule has 2 atom stereocenters. The van der Waals surface area contributed by atoms with Crippen molar-refractivity contribution in [2.24, 2.45) is 0 Å². The van der Waals surface area contributed by atoms with Gasteiger partial charge in [0.15, 0.2) is 0 Å². The van der Waals surface area contributed by atoms with E-state index in [1.54, 1.807) is 0 Å². The molecule has 0 saturated heterocycles. The molecule has 1 rings (SSSR count). The van der Waals surface area contributed by atoms with Crippen LogP contribution in [-0.2, 0) is 0 Å². The summed E-state index contributed by atoms with van der Waals surface area (Å²) in [6, 6.07) is 2.61. The predicted molar refractivity (Wildman–Crippen MR) is 56.5 cm³/mol. The Kier molecular flexibility index (Phi) is 4.66. The molecule has 18 heavy (non-hydrogen) atoms. The maximum Gasteiger partial charge on any atom is 0.573 e. The zero-order chi connectivity index (χ0) is 13.9. The van der Waals surface area contributed by atoms with E-state index in [-0.39, 0.29) is 11.4 Å². The number of phenols is 1. The van der Waals surface area contributed by atoms with Gasteiger partial charge < -0.3 is 20.1 Å². The van der Waals surface area contributed by atoms with Gasteiger partial charge in [-0.1, -0.05) is 0 Å². The van der Waals surface area contributed by atoms with Gasteiger partial charge in [-0.05, 0) is 12.1 Å². The maximum atomic E-state index is 11.9. The maximum absolute atomic E-state index is 11.9. The number of benzene rings is 1. The van der Waals surface area contributed by atoms with Crippen LogP contribution in [0.15, 0.2) is 18.2 Å². The fraction of sp³-hybridized carbons (Fsp3) is 0.400. The highest BCUT2D eigenvalue weighted by Crippen LogP contribution is 2.32. The number of alkyl halides is 4. The van der Waals surface area contributed by atoms with Crippen molar-refractivity contribution in [1.29, 1.82) is 0 Å². The fourth-order valence-electron chi connectivity index (χ4n) is 1.26. The number of halogens is 4. The highest BCUT2D eigenvalue weighted by Gasteiger charge is 2.31. The van der Waals surface area contributed by atoms with Crippen molar-refractivity contribution in [2.45, 2.75) is 18.6 Å². The Labute approximate surface area is 105 Å². The summed E-state index contributed by atoms with van der Waals surface area (Å²) in [6.45, 7) is 0. The molecule has 0 spiro atoms. The van der Waals surface area contributed by atoms with Gasteiger partial charge in [-0.2, -0.15) is 0 Å². The lowest BCUT2D eigenvalue weighted by atomic mass is 10.0. The van der Waals surface area contributed by atoms with E-state index < -0.39 is 30.1 Å². The lowest BCUT2D eigenvalue weighted by Gasteiger charge is -2.17. The molecule has 8 heteroatoms. The van der Waals surface area contributed by atoms with Gasteiger partial charge >= 0.3 is 6.36 Å². The largest absolute Gasteiger partial charge is 0.573 e. The average Bonchev–Trinajstić information content (AvgIpc) is 2.25. The summed E-state index contributed by atoms with van der Waals surface area (Å²) in [5.74, 6) is -1.55. The first-order valence-electron chi connectivity index (χ1n) is 4.75. The van der Waals surface area contributed by atoms with E-state index in [1.165, 1.54) is 0 Å². The highest BCUT2D eigenvalue weighted by molar-refractivity contribution is 6.18. The second-order valence-corrected chi connectivity index (χ2v) is 3.74. The minimum absolute atomic E-state index is 0.141. The molecule has 1 aromatic rings. The lowest BCUT2D eigenvalue weighted by molar-refractivity contribution is -0.274. The number of hydrogen-bond acceptors (Lipinski definition) is 4. The SMILES string of the molecule is Oc1cc(OC(F)(F)F)ccc1C(O)C(O)CCl. The number of ether oxygens (including phenoxy) is 1. The average molecular weight is 287 g/mol. The summed E-state index contributed by atoms with van der Waals surface area (Å²) in [5.41, 5.74) is -0.141. The molecule has 0 aromatic heterocycles. The standard InChI is InChI=1S/C10H10ClF3O4/c11-4-8(16)9(17)6-2-1-5(3-7(6)15)18-10(12,13)14/h1-3,8-9,15-17H,4H2. The van der Waals surface area contributed by atoms with Crippen LogP contribution in [0.5, 0.6) is 11.5 Å². The van der Waals surface area contributed by atoms with Crippen molar-refractivity contribution >= 4 is 11.6 Å². The van der Waals surface area contributed by atoms with Crippen molar-refractivity contribution in [1.82, 2.24) is 0 Å². The molecular weight excluding hydrogens is 277 g/mol. The molecule has 3 N–H and O–H groups in total. The molecule has 0 aliphatic carbocycles. The van der Waals surface area contributed by atoms with Gasteiger partial charge in [-0.3, -0.25) is 0 Å². The second-order valence-electron chi connectivity index (χ2n) is 3.43. The highest BCUT2D eigenvalue weighted by atomic mass is 35.5. The van der Waals surface area contributed by atoms with E-state index in [9.17, 15) is 28.5 Å². The third kappa shape index (κ3) is 3.94. The molecule has 2 unspecified atom stereocenters. The van der Waals surface area contributed by atoms with Gasteiger partial charge in [0.1, 0.15) is 17.6 Å². The van der Waals surface area contributed by atoms with E-state index in [0.29, 0.717) is 6.07 Å². The Hall–Kier alpha value is -1.18. The van der Waals surface area contributed by atoms with E-state index >= 15 is 0 Å². The van der Waals surface area contributed by atoms with Crippen LogP contribution in [-0.4, -0.2) is 33.7 Å². The summed E-state index contributed by atoms with van der Waals surface area (Å²) >= 11 is 5.30. The Morgan fingerprint density at radius 1 is 1.28 bits per heavy atom. The summed E-state index contributed by atoms with van der Waals surface area (Å²) in [4.78, 5) is 0. The van der Waals surface area contributed by atoms with Crippen LogP contribution in [0.1, 0.15) is 11.7 Å². The molecule has 102 valence electrons. The second kappa shape index (κ2) is 5.64. The first-order chi connectivity index (χ1) is 8.24. The van der Waals surface area contributed by atoms with Gasteiger partial charge in [0.05, 0.1) is 12.0 Å². The summed E-state index contributed by atoms with van der Waals surface area (Å²) in [7, 11) is 0. The zero-order valence-corrected chi connectivity index (χ0v) is 9.61. The molecule has 0 radical (unpaired) electrons. The minimum Gasteiger partial charge on any atom is -0.507 e. The van der Waals surface area contributed by atoms with E-state index in [0.717, 1.165) is 12.1 Å². The van der Waals surface area contributed by atoms with E-state index in [2.05, 4.69) is 4.74 Å². The summed E-state index contributed by atoms with van der Waals surface area (Å²) in [5, 5.41) is 28.2. The number of hydrogen-bond donors (Lipinski definition) is 3. The molecule has 0 fully saturated rings. The Bertz CT molecular complexity index is 411. The minimum atomic E-state index is -4.87. The Morgan fingerprint density at radius 3 is 2.33 bits per heavy atom. The Balaban J connectivity index is 2.92. The quantitative estimate of drug-likeness (QED) is 0.740. The monoisotopic (exact) mass is 286 g/mol. The van der Waals surface area contributed by atoms with Gasteiger partial charge in [0.25, 0.3) is 0 Å². The van der Waals surface area contributed by atoms with Crippen LogP contribution in [0.4, 0.5) is 13.2 Å². The smallest absolute Gasteiger partial charge is 0.507 e. The molecule has 4 nitrogen and oxygen atoms in total.